The van der Waals surface area contributed by atoms with Gasteiger partial charge in [-0.05, 0) is 12.1 Å². The SMILES string of the molecule is O=C1N(c2ccccc2)[C@]2(c3ccccc3)OCCS[C@]12Cl. The van der Waals surface area contributed by atoms with Crippen LogP contribution in [0, 0.1) is 0 Å². The largest absolute Gasteiger partial charge is 0.347 e. The molecule has 0 aromatic heterocycles. The van der Waals surface area contributed by atoms with E-state index in [1.54, 1.807) is 4.90 Å². The Morgan fingerprint density at radius 1 is 1.05 bits per heavy atom. The highest BCUT2D eigenvalue weighted by molar-refractivity contribution is 8.03. The van der Waals surface area contributed by atoms with Crippen LogP contribution in [0.2, 0.25) is 0 Å². The summed E-state index contributed by atoms with van der Waals surface area (Å²) < 4.78 is 5.05. The predicted octanol–water partition coefficient (Wildman–Crippen LogP) is 3.58. The molecule has 2 aromatic carbocycles. The maximum Gasteiger partial charge on any atom is 0.266 e. The summed E-state index contributed by atoms with van der Waals surface area (Å²) in [6.45, 7) is 0.560. The number of ether oxygens (including phenoxy) is 1. The molecule has 0 saturated carbocycles. The van der Waals surface area contributed by atoms with Gasteiger partial charge in [-0.2, -0.15) is 0 Å². The fourth-order valence-corrected chi connectivity index (χ4v) is 4.84. The lowest BCUT2D eigenvalue weighted by Crippen LogP contribution is -2.79. The Bertz CT molecular complexity index is 711. The Labute approximate surface area is 138 Å². The van der Waals surface area contributed by atoms with E-state index in [2.05, 4.69) is 0 Å². The van der Waals surface area contributed by atoms with Crippen LogP contribution in [0.4, 0.5) is 5.69 Å². The van der Waals surface area contributed by atoms with Gasteiger partial charge in [-0.15, -0.1) is 11.8 Å². The number of thioether (sulfide) groups is 1. The van der Waals surface area contributed by atoms with Crippen molar-refractivity contribution in [2.24, 2.45) is 0 Å². The zero-order valence-electron chi connectivity index (χ0n) is 11.7. The summed E-state index contributed by atoms with van der Waals surface area (Å²) in [7, 11) is 0. The second-order valence-corrected chi connectivity index (χ2v) is 7.38. The van der Waals surface area contributed by atoms with Crippen LogP contribution in [0.3, 0.4) is 0 Å². The third-order valence-corrected chi connectivity index (χ3v) is 6.07. The smallest absolute Gasteiger partial charge is 0.266 e. The number of hydrogen-bond acceptors (Lipinski definition) is 3. The average Bonchev–Trinajstić information content (AvgIpc) is 2.58. The van der Waals surface area contributed by atoms with Crippen LogP contribution in [0.5, 0.6) is 0 Å². The lowest BCUT2D eigenvalue weighted by molar-refractivity contribution is -0.156. The summed E-state index contributed by atoms with van der Waals surface area (Å²) in [5, 5.41) is 0. The van der Waals surface area contributed by atoms with Crippen LogP contribution < -0.4 is 4.90 Å². The Hall–Kier alpha value is -1.49. The highest BCUT2D eigenvalue weighted by atomic mass is 35.5. The number of hydrogen-bond donors (Lipinski definition) is 0. The van der Waals surface area contributed by atoms with Gasteiger partial charge < -0.3 is 4.74 Å². The molecule has 0 aliphatic carbocycles. The molecule has 5 heteroatoms. The number of benzene rings is 2. The first kappa shape index (κ1) is 14.1. The molecule has 0 radical (unpaired) electrons. The number of alkyl halides is 1. The van der Waals surface area contributed by atoms with E-state index < -0.39 is 9.93 Å². The predicted molar refractivity (Wildman–Crippen MR) is 89.0 cm³/mol. The van der Waals surface area contributed by atoms with Crippen LogP contribution in [0.1, 0.15) is 5.56 Å². The Balaban J connectivity index is 1.90. The summed E-state index contributed by atoms with van der Waals surface area (Å²) in [4.78, 5) is 14.5. The van der Waals surface area contributed by atoms with Crippen LogP contribution in [-0.2, 0) is 15.3 Å². The first-order valence-corrected chi connectivity index (χ1v) is 8.48. The number of amides is 1. The molecule has 2 aromatic rings. The maximum absolute atomic E-state index is 12.8. The lowest BCUT2D eigenvalue weighted by atomic mass is 9.86. The molecule has 0 unspecified atom stereocenters. The quantitative estimate of drug-likeness (QED) is 0.622. The number of carbonyl (C=O) groups excluding carboxylic acids is 1. The number of fused-ring (bicyclic) bond motifs is 1. The normalized spacial score (nSPS) is 30.6. The zero-order valence-corrected chi connectivity index (χ0v) is 13.3. The Kier molecular flexibility index (Phi) is 3.22. The van der Waals surface area contributed by atoms with Crippen molar-refractivity contribution in [3.05, 3.63) is 66.2 Å². The fourth-order valence-electron chi connectivity index (χ4n) is 3.15. The van der Waals surface area contributed by atoms with Crippen LogP contribution >= 0.6 is 23.4 Å². The number of para-hydroxylation sites is 1. The molecule has 0 bridgehead atoms. The van der Waals surface area contributed by atoms with Gasteiger partial charge in [0.2, 0.25) is 9.93 Å². The monoisotopic (exact) mass is 331 g/mol. The van der Waals surface area contributed by atoms with Crippen molar-refractivity contribution in [2.75, 3.05) is 17.3 Å². The second kappa shape index (κ2) is 5.01. The molecular weight excluding hydrogens is 318 g/mol. The standard InChI is InChI=1S/C17H14ClNO2S/c18-16-15(20)19(14-9-5-2-6-10-14)17(16,21-11-12-22-16)13-7-3-1-4-8-13/h1-10H,11-12H2/t16-,17-/m1/s1. The number of carbonyl (C=O) groups is 1. The van der Waals surface area contributed by atoms with Crippen LogP contribution in [-0.4, -0.2) is 22.5 Å². The van der Waals surface area contributed by atoms with E-state index in [1.807, 2.05) is 60.7 Å². The first-order chi connectivity index (χ1) is 10.7. The van der Waals surface area contributed by atoms with Gasteiger partial charge >= 0.3 is 0 Å². The summed E-state index contributed by atoms with van der Waals surface area (Å²) >= 11 is 8.21. The minimum absolute atomic E-state index is 0.117. The molecule has 4 rings (SSSR count). The lowest BCUT2D eigenvalue weighted by Gasteiger charge is -2.62. The van der Waals surface area contributed by atoms with Gasteiger partial charge in [0, 0.05) is 17.0 Å². The molecule has 2 heterocycles. The summed E-state index contributed by atoms with van der Waals surface area (Å²) in [5.74, 6) is 0.598. The molecule has 0 N–H and O–H groups in total. The van der Waals surface area contributed by atoms with E-state index in [4.69, 9.17) is 16.3 Å². The molecule has 3 nitrogen and oxygen atoms in total. The number of halogens is 1. The number of anilines is 1. The molecule has 22 heavy (non-hydrogen) atoms. The Morgan fingerprint density at radius 2 is 1.68 bits per heavy atom. The number of rotatable bonds is 2. The summed E-state index contributed by atoms with van der Waals surface area (Å²) in [5.41, 5.74) is 0.757. The molecule has 112 valence electrons. The minimum atomic E-state index is -1.09. The first-order valence-electron chi connectivity index (χ1n) is 7.12. The van der Waals surface area contributed by atoms with Gasteiger partial charge in [-0.3, -0.25) is 9.69 Å². The molecule has 2 atom stereocenters. The van der Waals surface area contributed by atoms with Gasteiger partial charge in [-0.1, -0.05) is 60.1 Å². The van der Waals surface area contributed by atoms with Crippen molar-refractivity contribution in [1.29, 1.82) is 0 Å². The van der Waals surface area contributed by atoms with Crippen molar-refractivity contribution in [3.63, 3.8) is 0 Å². The molecular formula is C17H14ClNO2S. The van der Waals surface area contributed by atoms with Crippen molar-refractivity contribution < 1.29 is 9.53 Å². The van der Waals surface area contributed by atoms with Crippen molar-refractivity contribution in [2.45, 2.75) is 9.93 Å². The van der Waals surface area contributed by atoms with E-state index >= 15 is 0 Å². The summed E-state index contributed by atoms with van der Waals surface area (Å²) in [6.07, 6.45) is 0. The van der Waals surface area contributed by atoms with E-state index in [-0.39, 0.29) is 5.91 Å². The van der Waals surface area contributed by atoms with Crippen LogP contribution in [0.25, 0.3) is 0 Å². The van der Waals surface area contributed by atoms with Crippen molar-refractivity contribution >= 4 is 35.0 Å². The average molecular weight is 332 g/mol. The van der Waals surface area contributed by atoms with Gasteiger partial charge in [-0.25, -0.2) is 0 Å². The minimum Gasteiger partial charge on any atom is -0.347 e. The third kappa shape index (κ3) is 1.66. The van der Waals surface area contributed by atoms with E-state index in [1.165, 1.54) is 11.8 Å². The molecule has 1 amide bonds. The molecule has 2 aliphatic heterocycles. The van der Waals surface area contributed by atoms with Gasteiger partial charge in [0.05, 0.1) is 6.61 Å². The van der Waals surface area contributed by atoms with Crippen molar-refractivity contribution in [3.8, 4) is 0 Å². The van der Waals surface area contributed by atoms with Gasteiger partial charge in [0.15, 0.2) is 0 Å². The van der Waals surface area contributed by atoms with Crippen molar-refractivity contribution in [1.82, 2.24) is 0 Å². The molecule has 2 fully saturated rings. The van der Waals surface area contributed by atoms with E-state index in [9.17, 15) is 4.79 Å². The highest BCUT2D eigenvalue weighted by Gasteiger charge is 2.75. The summed E-state index contributed by atoms with van der Waals surface area (Å²) in [6, 6.07) is 19.3. The van der Waals surface area contributed by atoms with Gasteiger partial charge in [0.25, 0.3) is 5.91 Å². The Morgan fingerprint density at radius 3 is 2.36 bits per heavy atom. The number of β-lactam (4-membered cyclic amide) rings is 1. The van der Waals surface area contributed by atoms with Gasteiger partial charge in [0.1, 0.15) is 0 Å². The second-order valence-electron chi connectivity index (χ2n) is 5.28. The third-order valence-electron chi connectivity index (χ3n) is 4.10. The topological polar surface area (TPSA) is 29.5 Å². The molecule has 2 saturated heterocycles. The zero-order chi connectivity index (χ0) is 15.2. The fraction of sp³-hybridized carbons (Fsp3) is 0.235. The van der Waals surface area contributed by atoms with E-state index in [0.717, 1.165) is 11.3 Å². The van der Waals surface area contributed by atoms with E-state index in [0.29, 0.717) is 12.4 Å². The maximum atomic E-state index is 12.8. The molecule has 0 spiro atoms. The molecule has 2 aliphatic rings. The van der Waals surface area contributed by atoms with Crippen LogP contribution in [0.15, 0.2) is 60.7 Å². The highest BCUT2D eigenvalue weighted by Crippen LogP contribution is 2.62. The number of nitrogens with zero attached hydrogens (tertiary/aromatic N) is 1.